The molecule has 3 fully saturated rings. The molecule has 1 aliphatic heterocycles. The fourth-order valence-electron chi connectivity index (χ4n) is 3.32. The summed E-state index contributed by atoms with van der Waals surface area (Å²) in [6.45, 7) is 1.92. The van der Waals surface area contributed by atoms with Crippen LogP contribution >= 0.6 is 15.9 Å². The minimum atomic E-state index is 0.432. The van der Waals surface area contributed by atoms with Gasteiger partial charge in [0.1, 0.15) is 0 Å². The topological polar surface area (TPSA) is 20.3 Å². The predicted molar refractivity (Wildman–Crippen MR) is 58.2 cm³/mol. The van der Waals surface area contributed by atoms with E-state index >= 15 is 0 Å². The van der Waals surface area contributed by atoms with E-state index in [4.69, 9.17) is 0 Å². The monoisotopic (exact) mass is 257 g/mol. The summed E-state index contributed by atoms with van der Waals surface area (Å²) in [4.78, 5) is 14.7. The van der Waals surface area contributed by atoms with Crippen molar-refractivity contribution in [1.82, 2.24) is 4.90 Å². The van der Waals surface area contributed by atoms with E-state index < -0.39 is 0 Å². The number of amides is 1. The largest absolute Gasteiger partial charge is 0.341 e. The molecule has 1 amide bonds. The molecule has 0 aromatic rings. The number of rotatable bonds is 1. The Bertz CT molecular complexity index is 254. The molecule has 3 heteroatoms. The quantitative estimate of drug-likeness (QED) is 0.659. The van der Waals surface area contributed by atoms with Crippen molar-refractivity contribution in [3.63, 3.8) is 0 Å². The maximum atomic E-state index is 12.1. The van der Waals surface area contributed by atoms with Crippen LogP contribution in [0.25, 0.3) is 0 Å². The third-order valence-corrected chi connectivity index (χ3v) is 4.88. The highest BCUT2D eigenvalue weighted by molar-refractivity contribution is 9.09. The lowest BCUT2D eigenvalue weighted by atomic mass is 10.1. The second-order valence-corrected chi connectivity index (χ2v) is 6.25. The van der Waals surface area contributed by atoms with Crippen molar-refractivity contribution in [2.75, 3.05) is 13.1 Å². The van der Waals surface area contributed by atoms with Crippen molar-refractivity contribution in [3.05, 3.63) is 0 Å². The SMILES string of the molecule is O=C(C1C2CCCC21)N1CCC(Br)C1. The number of carbonyl (C=O) groups excluding carboxylic acids is 1. The predicted octanol–water partition coefficient (Wildman–Crippen LogP) is 2.03. The van der Waals surface area contributed by atoms with Crippen molar-refractivity contribution >= 4 is 21.8 Å². The van der Waals surface area contributed by atoms with Gasteiger partial charge in [-0.15, -0.1) is 0 Å². The third-order valence-electron chi connectivity index (χ3n) is 4.13. The summed E-state index contributed by atoms with van der Waals surface area (Å²) in [6, 6.07) is 0. The Kier molecular flexibility index (Phi) is 2.12. The zero-order chi connectivity index (χ0) is 9.71. The number of hydrogen-bond acceptors (Lipinski definition) is 1. The molecule has 0 aromatic heterocycles. The molecule has 1 saturated heterocycles. The van der Waals surface area contributed by atoms with E-state index in [2.05, 4.69) is 20.8 Å². The number of halogens is 1. The van der Waals surface area contributed by atoms with Gasteiger partial charge in [0.05, 0.1) is 0 Å². The average Bonchev–Trinajstić information content (AvgIpc) is 2.56. The Hall–Kier alpha value is -0.0500. The van der Waals surface area contributed by atoms with Gasteiger partial charge in [-0.3, -0.25) is 4.79 Å². The molecule has 0 spiro atoms. The number of carbonyl (C=O) groups is 1. The van der Waals surface area contributed by atoms with E-state index in [1.165, 1.54) is 19.3 Å². The summed E-state index contributed by atoms with van der Waals surface area (Å²) >= 11 is 3.58. The number of alkyl halides is 1. The lowest BCUT2D eigenvalue weighted by Crippen LogP contribution is -2.31. The van der Waals surface area contributed by atoms with Crippen LogP contribution in [0.4, 0.5) is 0 Å². The van der Waals surface area contributed by atoms with Gasteiger partial charge in [-0.05, 0) is 31.1 Å². The van der Waals surface area contributed by atoms with Gasteiger partial charge in [0.25, 0.3) is 0 Å². The van der Waals surface area contributed by atoms with E-state index in [9.17, 15) is 4.79 Å². The van der Waals surface area contributed by atoms with Gasteiger partial charge in [0, 0.05) is 23.8 Å². The van der Waals surface area contributed by atoms with Crippen LogP contribution in [0.2, 0.25) is 0 Å². The molecule has 14 heavy (non-hydrogen) atoms. The fraction of sp³-hybridized carbons (Fsp3) is 0.909. The van der Waals surface area contributed by atoms with Crippen LogP contribution in [0, 0.1) is 17.8 Å². The van der Waals surface area contributed by atoms with Gasteiger partial charge in [-0.1, -0.05) is 22.4 Å². The van der Waals surface area contributed by atoms with Crippen molar-refractivity contribution in [2.45, 2.75) is 30.5 Å². The van der Waals surface area contributed by atoms with Crippen molar-refractivity contribution < 1.29 is 4.79 Å². The standard InChI is InChI=1S/C11H16BrNO/c12-7-4-5-13(6-7)11(14)10-8-2-1-3-9(8)10/h7-10H,1-6H2. The third kappa shape index (κ3) is 1.32. The van der Waals surface area contributed by atoms with Crippen LogP contribution in [0.1, 0.15) is 25.7 Å². The van der Waals surface area contributed by atoms with Gasteiger partial charge < -0.3 is 4.90 Å². The van der Waals surface area contributed by atoms with Crippen molar-refractivity contribution in [1.29, 1.82) is 0 Å². The average molecular weight is 258 g/mol. The first-order chi connectivity index (χ1) is 6.77. The van der Waals surface area contributed by atoms with E-state index in [1.807, 2.05) is 0 Å². The number of hydrogen-bond donors (Lipinski definition) is 0. The molecule has 0 radical (unpaired) electrons. The Morgan fingerprint density at radius 3 is 2.50 bits per heavy atom. The molecule has 0 bridgehead atoms. The summed E-state index contributed by atoms with van der Waals surface area (Å²) in [5, 5.41) is 0. The number of nitrogens with zero attached hydrogens (tertiary/aromatic N) is 1. The first-order valence-electron chi connectivity index (χ1n) is 5.70. The first-order valence-corrected chi connectivity index (χ1v) is 6.62. The summed E-state index contributed by atoms with van der Waals surface area (Å²) in [5.41, 5.74) is 0. The Morgan fingerprint density at radius 1 is 1.21 bits per heavy atom. The molecule has 3 unspecified atom stereocenters. The van der Waals surface area contributed by atoms with E-state index in [1.54, 1.807) is 0 Å². The molecular weight excluding hydrogens is 242 g/mol. The van der Waals surface area contributed by atoms with Gasteiger partial charge in [-0.2, -0.15) is 0 Å². The summed E-state index contributed by atoms with van der Waals surface area (Å²) in [6.07, 6.45) is 5.12. The molecule has 1 heterocycles. The normalized spacial score (nSPS) is 45.4. The van der Waals surface area contributed by atoms with Gasteiger partial charge in [-0.25, -0.2) is 0 Å². The van der Waals surface area contributed by atoms with Crippen LogP contribution in [-0.2, 0) is 4.79 Å². The zero-order valence-electron chi connectivity index (χ0n) is 8.29. The molecule has 3 aliphatic rings. The number of fused-ring (bicyclic) bond motifs is 1. The minimum Gasteiger partial charge on any atom is -0.341 e. The molecule has 2 aliphatic carbocycles. The van der Waals surface area contributed by atoms with Crippen molar-refractivity contribution in [3.8, 4) is 0 Å². The lowest BCUT2D eigenvalue weighted by Gasteiger charge is -2.16. The maximum absolute atomic E-state index is 12.1. The van der Waals surface area contributed by atoms with E-state index in [0.717, 1.165) is 31.3 Å². The van der Waals surface area contributed by atoms with Gasteiger partial charge >= 0.3 is 0 Å². The van der Waals surface area contributed by atoms with Crippen molar-refractivity contribution in [2.24, 2.45) is 17.8 Å². The first kappa shape index (κ1) is 9.20. The van der Waals surface area contributed by atoms with Crippen LogP contribution in [0.3, 0.4) is 0 Å². The Labute approximate surface area is 93.2 Å². The second kappa shape index (κ2) is 3.22. The summed E-state index contributed by atoms with van der Waals surface area (Å²) in [7, 11) is 0. The maximum Gasteiger partial charge on any atom is 0.226 e. The van der Waals surface area contributed by atoms with Gasteiger partial charge in [0.2, 0.25) is 5.91 Å². The Balaban J connectivity index is 1.61. The minimum absolute atomic E-state index is 0.432. The molecule has 78 valence electrons. The molecule has 3 rings (SSSR count). The van der Waals surface area contributed by atoms with Crippen LogP contribution < -0.4 is 0 Å². The van der Waals surface area contributed by atoms with E-state index in [0.29, 0.717) is 16.7 Å². The zero-order valence-corrected chi connectivity index (χ0v) is 9.87. The highest BCUT2D eigenvalue weighted by Gasteiger charge is 2.57. The Morgan fingerprint density at radius 2 is 1.93 bits per heavy atom. The van der Waals surface area contributed by atoms with Gasteiger partial charge in [0.15, 0.2) is 0 Å². The number of likely N-dealkylation sites (tertiary alicyclic amines) is 1. The molecular formula is C11H16BrNO. The fourth-order valence-corrected chi connectivity index (χ4v) is 3.87. The summed E-state index contributed by atoms with van der Waals surface area (Å²) in [5.74, 6) is 2.44. The summed E-state index contributed by atoms with van der Waals surface area (Å²) < 4.78 is 0. The van der Waals surface area contributed by atoms with Crippen LogP contribution in [-0.4, -0.2) is 28.7 Å². The molecule has 3 atom stereocenters. The highest BCUT2D eigenvalue weighted by Crippen LogP contribution is 2.58. The molecule has 2 nitrogen and oxygen atoms in total. The van der Waals surface area contributed by atoms with Crippen LogP contribution in [0.15, 0.2) is 0 Å². The molecule has 2 saturated carbocycles. The lowest BCUT2D eigenvalue weighted by molar-refractivity contribution is -0.132. The molecule has 0 N–H and O–H groups in total. The highest BCUT2D eigenvalue weighted by atomic mass is 79.9. The molecule has 0 aromatic carbocycles. The smallest absolute Gasteiger partial charge is 0.226 e. The van der Waals surface area contributed by atoms with Crippen LogP contribution in [0.5, 0.6) is 0 Å². The van der Waals surface area contributed by atoms with E-state index in [-0.39, 0.29) is 0 Å². The second-order valence-electron chi connectivity index (χ2n) is 4.95.